The molecule has 0 aliphatic carbocycles. The van der Waals surface area contributed by atoms with Crippen LogP contribution in [0.1, 0.15) is 31.4 Å². The maximum absolute atomic E-state index is 13.7. The first-order chi connectivity index (χ1) is 7.69. The zero-order chi connectivity index (χ0) is 12.0. The minimum Gasteiger partial charge on any atom is -0.310 e. The highest BCUT2D eigenvalue weighted by Gasteiger charge is 2.14. The van der Waals surface area contributed by atoms with Gasteiger partial charge in [-0.05, 0) is 37.6 Å². The van der Waals surface area contributed by atoms with E-state index in [-0.39, 0.29) is 11.9 Å². The van der Waals surface area contributed by atoms with Crippen LogP contribution in [0.25, 0.3) is 0 Å². The number of benzene rings is 1. The lowest BCUT2D eigenvalue weighted by Crippen LogP contribution is -2.21. The monoisotopic (exact) mass is 285 g/mol. The van der Waals surface area contributed by atoms with E-state index in [0.717, 1.165) is 29.4 Å². The Morgan fingerprint density at radius 1 is 1.56 bits per heavy atom. The summed E-state index contributed by atoms with van der Waals surface area (Å²) in [6.07, 6.45) is 3.61. The standard InChI is InChI=1S/C13H17BrFN/c1-3-5-6-13(16-4-2)11-9-10(14)7-8-12(11)15/h3,7-9,13,16H,1,4-6H2,2H3. The van der Waals surface area contributed by atoms with Gasteiger partial charge in [0.25, 0.3) is 0 Å². The minimum absolute atomic E-state index is 0.0560. The van der Waals surface area contributed by atoms with Crippen LogP contribution in [0.2, 0.25) is 0 Å². The number of halogens is 2. The number of rotatable bonds is 6. The number of hydrogen-bond donors (Lipinski definition) is 1. The topological polar surface area (TPSA) is 12.0 Å². The molecule has 1 aromatic carbocycles. The van der Waals surface area contributed by atoms with Crippen LogP contribution in [0.15, 0.2) is 35.3 Å². The Hall–Kier alpha value is -0.670. The highest BCUT2D eigenvalue weighted by atomic mass is 79.9. The van der Waals surface area contributed by atoms with Crippen molar-refractivity contribution in [2.24, 2.45) is 0 Å². The first kappa shape index (κ1) is 13.4. The minimum atomic E-state index is -0.154. The molecule has 0 aliphatic rings. The molecule has 0 fully saturated rings. The molecule has 0 saturated carbocycles. The summed E-state index contributed by atoms with van der Waals surface area (Å²) in [6, 6.07) is 5.11. The lowest BCUT2D eigenvalue weighted by molar-refractivity contribution is 0.488. The summed E-state index contributed by atoms with van der Waals surface area (Å²) in [7, 11) is 0. The molecular formula is C13H17BrFN. The van der Waals surface area contributed by atoms with Crippen molar-refractivity contribution in [3.63, 3.8) is 0 Å². The summed E-state index contributed by atoms with van der Waals surface area (Å²) in [5, 5.41) is 3.29. The summed E-state index contributed by atoms with van der Waals surface area (Å²) in [5.41, 5.74) is 0.720. The summed E-state index contributed by atoms with van der Waals surface area (Å²) in [4.78, 5) is 0. The van der Waals surface area contributed by atoms with Crippen molar-refractivity contribution in [1.29, 1.82) is 0 Å². The fraction of sp³-hybridized carbons (Fsp3) is 0.385. The van der Waals surface area contributed by atoms with E-state index in [4.69, 9.17) is 0 Å². The van der Waals surface area contributed by atoms with Crippen molar-refractivity contribution < 1.29 is 4.39 Å². The highest BCUT2D eigenvalue weighted by Crippen LogP contribution is 2.25. The van der Waals surface area contributed by atoms with Crippen LogP contribution >= 0.6 is 15.9 Å². The van der Waals surface area contributed by atoms with E-state index in [1.165, 1.54) is 6.07 Å². The molecule has 0 heterocycles. The Balaban J connectivity index is 2.89. The molecule has 1 unspecified atom stereocenters. The normalized spacial score (nSPS) is 12.4. The SMILES string of the molecule is C=CCCC(NCC)c1cc(Br)ccc1F. The van der Waals surface area contributed by atoms with Crippen molar-refractivity contribution in [2.45, 2.75) is 25.8 Å². The largest absolute Gasteiger partial charge is 0.310 e. The zero-order valence-electron chi connectivity index (χ0n) is 9.47. The fourth-order valence-corrected chi connectivity index (χ4v) is 2.06. The fourth-order valence-electron chi connectivity index (χ4n) is 1.68. The van der Waals surface area contributed by atoms with Crippen molar-refractivity contribution in [3.8, 4) is 0 Å². The van der Waals surface area contributed by atoms with Crippen molar-refractivity contribution in [1.82, 2.24) is 5.32 Å². The van der Waals surface area contributed by atoms with Crippen molar-refractivity contribution in [3.05, 3.63) is 46.7 Å². The predicted molar refractivity (Wildman–Crippen MR) is 69.9 cm³/mol. The molecule has 1 atom stereocenters. The summed E-state index contributed by atoms with van der Waals surface area (Å²) in [6.45, 7) is 6.55. The van der Waals surface area contributed by atoms with E-state index in [0.29, 0.717) is 0 Å². The van der Waals surface area contributed by atoms with Gasteiger partial charge in [0.1, 0.15) is 5.82 Å². The maximum atomic E-state index is 13.7. The summed E-state index contributed by atoms with van der Waals surface area (Å²) >= 11 is 3.37. The quantitative estimate of drug-likeness (QED) is 0.773. The first-order valence-corrected chi connectivity index (χ1v) is 6.27. The molecule has 0 amide bonds. The van der Waals surface area contributed by atoms with E-state index in [9.17, 15) is 4.39 Å². The summed E-state index contributed by atoms with van der Waals surface area (Å²) in [5.74, 6) is -0.154. The van der Waals surface area contributed by atoms with Crippen molar-refractivity contribution >= 4 is 15.9 Å². The third-order valence-corrected chi connectivity index (χ3v) is 2.94. The average Bonchev–Trinajstić information content (AvgIpc) is 2.28. The third kappa shape index (κ3) is 3.72. The van der Waals surface area contributed by atoms with Crippen LogP contribution < -0.4 is 5.32 Å². The predicted octanol–water partition coefficient (Wildman–Crippen LogP) is 4.21. The van der Waals surface area contributed by atoms with Gasteiger partial charge in [0.2, 0.25) is 0 Å². The second-order valence-corrected chi connectivity index (χ2v) is 4.56. The zero-order valence-corrected chi connectivity index (χ0v) is 11.1. The van der Waals surface area contributed by atoms with E-state index >= 15 is 0 Å². The molecule has 3 heteroatoms. The van der Waals surface area contributed by atoms with Crippen LogP contribution in [0.4, 0.5) is 4.39 Å². The summed E-state index contributed by atoms with van der Waals surface area (Å²) < 4.78 is 14.6. The van der Waals surface area contributed by atoms with Crippen LogP contribution in [-0.2, 0) is 0 Å². The molecule has 0 aliphatic heterocycles. The lowest BCUT2D eigenvalue weighted by atomic mass is 10.0. The lowest BCUT2D eigenvalue weighted by Gasteiger charge is -2.18. The first-order valence-electron chi connectivity index (χ1n) is 5.48. The molecule has 1 nitrogen and oxygen atoms in total. The van der Waals surface area contributed by atoms with E-state index < -0.39 is 0 Å². The van der Waals surface area contributed by atoms with Crippen molar-refractivity contribution in [2.75, 3.05) is 6.54 Å². The van der Waals surface area contributed by atoms with Crippen LogP contribution in [0, 0.1) is 5.82 Å². The van der Waals surface area contributed by atoms with Crippen LogP contribution in [-0.4, -0.2) is 6.54 Å². The molecule has 0 aromatic heterocycles. The Morgan fingerprint density at radius 3 is 2.94 bits per heavy atom. The van der Waals surface area contributed by atoms with Gasteiger partial charge in [-0.25, -0.2) is 4.39 Å². The molecule has 1 N–H and O–H groups in total. The van der Waals surface area contributed by atoms with Gasteiger partial charge in [-0.3, -0.25) is 0 Å². The second-order valence-electron chi connectivity index (χ2n) is 3.64. The number of allylic oxidation sites excluding steroid dienone is 1. The molecule has 0 spiro atoms. The Morgan fingerprint density at radius 2 is 2.31 bits per heavy atom. The molecule has 0 radical (unpaired) electrons. The van der Waals surface area contributed by atoms with E-state index in [1.807, 2.05) is 19.1 Å². The Kier molecular flexibility index (Phi) is 5.71. The molecule has 1 rings (SSSR count). The smallest absolute Gasteiger partial charge is 0.128 e. The second kappa shape index (κ2) is 6.81. The van der Waals surface area contributed by atoms with Gasteiger partial charge in [0.15, 0.2) is 0 Å². The molecule has 88 valence electrons. The van der Waals surface area contributed by atoms with Gasteiger partial charge in [-0.15, -0.1) is 6.58 Å². The van der Waals surface area contributed by atoms with Crippen LogP contribution in [0.5, 0.6) is 0 Å². The molecule has 1 aromatic rings. The number of nitrogens with one attached hydrogen (secondary N) is 1. The van der Waals surface area contributed by atoms with Gasteiger partial charge in [-0.1, -0.05) is 28.9 Å². The van der Waals surface area contributed by atoms with E-state index in [1.54, 1.807) is 6.07 Å². The van der Waals surface area contributed by atoms with Crippen LogP contribution in [0.3, 0.4) is 0 Å². The Bertz CT molecular complexity index is 352. The van der Waals surface area contributed by atoms with Gasteiger partial charge in [0, 0.05) is 16.1 Å². The van der Waals surface area contributed by atoms with Gasteiger partial charge in [0.05, 0.1) is 0 Å². The average molecular weight is 286 g/mol. The molecular weight excluding hydrogens is 269 g/mol. The van der Waals surface area contributed by atoms with Gasteiger partial charge >= 0.3 is 0 Å². The Labute approximate surface area is 105 Å². The van der Waals surface area contributed by atoms with Gasteiger partial charge < -0.3 is 5.32 Å². The third-order valence-electron chi connectivity index (χ3n) is 2.44. The van der Waals surface area contributed by atoms with E-state index in [2.05, 4.69) is 27.8 Å². The number of hydrogen-bond acceptors (Lipinski definition) is 1. The molecule has 0 bridgehead atoms. The molecule has 16 heavy (non-hydrogen) atoms. The molecule has 0 saturated heterocycles. The highest BCUT2D eigenvalue weighted by molar-refractivity contribution is 9.10. The van der Waals surface area contributed by atoms with Gasteiger partial charge in [-0.2, -0.15) is 0 Å². The maximum Gasteiger partial charge on any atom is 0.128 e.